The minimum absolute atomic E-state index is 0.000224. The van der Waals surface area contributed by atoms with E-state index >= 15 is 0 Å². The van der Waals surface area contributed by atoms with E-state index in [9.17, 15) is 14.4 Å². The van der Waals surface area contributed by atoms with Gasteiger partial charge in [0.25, 0.3) is 11.8 Å². The van der Waals surface area contributed by atoms with Crippen LogP contribution >= 0.6 is 0 Å². The summed E-state index contributed by atoms with van der Waals surface area (Å²) in [6.07, 6.45) is 0. The molecule has 1 aliphatic heterocycles. The third kappa shape index (κ3) is 5.01. The maximum Gasteiger partial charge on any atom is 0.279 e. The summed E-state index contributed by atoms with van der Waals surface area (Å²) in [5.41, 5.74) is 2.01. The van der Waals surface area contributed by atoms with Crippen LogP contribution in [0.3, 0.4) is 0 Å². The minimum Gasteiger partial charge on any atom is -0.327 e. The lowest BCUT2D eigenvalue weighted by Gasteiger charge is -2.32. The first kappa shape index (κ1) is 18.8. The highest BCUT2D eigenvalue weighted by atomic mass is 16.2. The lowest BCUT2D eigenvalue weighted by Crippen LogP contribution is -3.15. The second kappa shape index (κ2) is 8.60. The summed E-state index contributed by atoms with van der Waals surface area (Å²) in [5, 5.41) is 2.86. The predicted octanol–water partition coefficient (Wildman–Crippen LogP) is 0.869. The summed E-state index contributed by atoms with van der Waals surface area (Å²) in [5.74, 6) is -0.0201. The molecule has 6 heteroatoms. The SMILES string of the molecule is CC(=O)c1ccc(NC(=O)C[NH+]2CCN(C(=O)c3ccccc3)CC2)cc1. The zero-order valence-corrected chi connectivity index (χ0v) is 15.4. The molecule has 1 aliphatic rings. The molecule has 1 saturated heterocycles. The summed E-state index contributed by atoms with van der Waals surface area (Å²) in [6.45, 7) is 4.65. The fourth-order valence-corrected chi connectivity index (χ4v) is 3.19. The van der Waals surface area contributed by atoms with Crippen molar-refractivity contribution in [2.45, 2.75) is 6.92 Å². The van der Waals surface area contributed by atoms with Gasteiger partial charge in [-0.1, -0.05) is 18.2 Å². The van der Waals surface area contributed by atoms with Crippen molar-refractivity contribution in [2.75, 3.05) is 38.0 Å². The van der Waals surface area contributed by atoms with Crippen molar-refractivity contribution in [1.82, 2.24) is 4.90 Å². The first-order valence-electron chi connectivity index (χ1n) is 9.11. The van der Waals surface area contributed by atoms with Crippen molar-refractivity contribution in [3.8, 4) is 0 Å². The number of benzene rings is 2. The number of piperazine rings is 1. The second-order valence-corrected chi connectivity index (χ2v) is 6.77. The molecule has 0 aromatic heterocycles. The molecule has 0 radical (unpaired) electrons. The quantitative estimate of drug-likeness (QED) is 0.772. The molecule has 0 aliphatic carbocycles. The minimum atomic E-state index is -0.0663. The van der Waals surface area contributed by atoms with Gasteiger partial charge in [0.15, 0.2) is 12.3 Å². The van der Waals surface area contributed by atoms with Crippen LogP contribution in [0.2, 0.25) is 0 Å². The van der Waals surface area contributed by atoms with Crippen molar-refractivity contribution >= 4 is 23.3 Å². The van der Waals surface area contributed by atoms with E-state index in [1.807, 2.05) is 35.2 Å². The summed E-state index contributed by atoms with van der Waals surface area (Å²) >= 11 is 0. The molecule has 2 aromatic carbocycles. The Labute approximate surface area is 158 Å². The van der Waals surface area contributed by atoms with Crippen LogP contribution in [0.1, 0.15) is 27.6 Å². The van der Waals surface area contributed by atoms with Crippen LogP contribution in [0.15, 0.2) is 54.6 Å². The van der Waals surface area contributed by atoms with E-state index in [0.717, 1.165) is 18.0 Å². The molecule has 1 heterocycles. The summed E-state index contributed by atoms with van der Waals surface area (Å²) < 4.78 is 0. The Morgan fingerprint density at radius 2 is 1.56 bits per heavy atom. The first-order chi connectivity index (χ1) is 13.0. The molecule has 0 unspecified atom stereocenters. The van der Waals surface area contributed by atoms with Gasteiger partial charge in [-0.15, -0.1) is 0 Å². The van der Waals surface area contributed by atoms with Gasteiger partial charge in [-0.05, 0) is 43.3 Å². The topological polar surface area (TPSA) is 70.9 Å². The number of quaternary nitrogens is 1. The predicted molar refractivity (Wildman–Crippen MR) is 103 cm³/mol. The van der Waals surface area contributed by atoms with Crippen molar-refractivity contribution in [3.63, 3.8) is 0 Å². The zero-order chi connectivity index (χ0) is 19.2. The molecule has 6 nitrogen and oxygen atoms in total. The molecule has 140 valence electrons. The van der Waals surface area contributed by atoms with Crippen LogP contribution in [0.5, 0.6) is 0 Å². The highest BCUT2D eigenvalue weighted by Crippen LogP contribution is 2.09. The van der Waals surface area contributed by atoms with Crippen molar-refractivity contribution in [3.05, 3.63) is 65.7 Å². The van der Waals surface area contributed by atoms with Crippen LogP contribution < -0.4 is 10.2 Å². The molecule has 2 N–H and O–H groups in total. The van der Waals surface area contributed by atoms with Gasteiger partial charge < -0.3 is 15.1 Å². The Bertz CT molecular complexity index is 810. The van der Waals surface area contributed by atoms with Gasteiger partial charge in [0.05, 0.1) is 26.2 Å². The van der Waals surface area contributed by atoms with E-state index in [0.29, 0.717) is 36.4 Å². The van der Waals surface area contributed by atoms with Gasteiger partial charge >= 0.3 is 0 Å². The number of carbonyl (C=O) groups excluding carboxylic acids is 3. The molecule has 1 fully saturated rings. The molecule has 0 bridgehead atoms. The smallest absolute Gasteiger partial charge is 0.279 e. The Morgan fingerprint density at radius 3 is 2.15 bits per heavy atom. The van der Waals surface area contributed by atoms with Gasteiger partial charge in [-0.25, -0.2) is 0 Å². The second-order valence-electron chi connectivity index (χ2n) is 6.77. The summed E-state index contributed by atoms with van der Waals surface area (Å²) in [7, 11) is 0. The highest BCUT2D eigenvalue weighted by Gasteiger charge is 2.25. The summed E-state index contributed by atoms with van der Waals surface area (Å²) in [6, 6.07) is 16.2. The van der Waals surface area contributed by atoms with E-state index in [-0.39, 0.29) is 17.6 Å². The van der Waals surface area contributed by atoms with Crippen molar-refractivity contribution < 1.29 is 19.3 Å². The van der Waals surface area contributed by atoms with Crippen LogP contribution in [0, 0.1) is 0 Å². The Balaban J connectivity index is 1.46. The fourth-order valence-electron chi connectivity index (χ4n) is 3.19. The average Bonchev–Trinajstić information content (AvgIpc) is 2.69. The monoisotopic (exact) mass is 366 g/mol. The third-order valence-corrected chi connectivity index (χ3v) is 4.76. The summed E-state index contributed by atoms with van der Waals surface area (Å²) in [4.78, 5) is 39.0. The fraction of sp³-hybridized carbons (Fsp3) is 0.286. The third-order valence-electron chi connectivity index (χ3n) is 4.76. The number of amides is 2. The molecular weight excluding hydrogens is 342 g/mol. The number of anilines is 1. The molecule has 2 amide bonds. The Hall–Kier alpha value is -2.99. The van der Waals surface area contributed by atoms with Gasteiger partial charge in [0.2, 0.25) is 0 Å². The van der Waals surface area contributed by atoms with Crippen LogP contribution in [0.4, 0.5) is 5.69 Å². The molecule has 2 aromatic rings. The highest BCUT2D eigenvalue weighted by molar-refractivity contribution is 5.96. The van der Waals surface area contributed by atoms with E-state index in [1.54, 1.807) is 24.3 Å². The first-order valence-corrected chi connectivity index (χ1v) is 9.11. The van der Waals surface area contributed by atoms with Crippen LogP contribution in [-0.2, 0) is 4.79 Å². The number of carbonyl (C=O) groups is 3. The molecule has 0 saturated carbocycles. The lowest BCUT2D eigenvalue weighted by atomic mass is 10.1. The van der Waals surface area contributed by atoms with Gasteiger partial charge in [0, 0.05) is 16.8 Å². The van der Waals surface area contributed by atoms with E-state index in [2.05, 4.69) is 5.32 Å². The van der Waals surface area contributed by atoms with E-state index in [4.69, 9.17) is 0 Å². The molecule has 3 rings (SSSR count). The lowest BCUT2D eigenvalue weighted by molar-refractivity contribution is -0.895. The zero-order valence-electron chi connectivity index (χ0n) is 15.4. The molecular formula is C21H24N3O3+. The maximum atomic E-state index is 12.5. The number of hydrogen-bond donors (Lipinski definition) is 2. The Kier molecular flexibility index (Phi) is 5.98. The number of ketones is 1. The number of nitrogens with one attached hydrogen (secondary N) is 2. The average molecular weight is 366 g/mol. The van der Waals surface area contributed by atoms with E-state index in [1.165, 1.54) is 6.92 Å². The normalized spacial score (nSPS) is 14.6. The number of hydrogen-bond acceptors (Lipinski definition) is 3. The maximum absolute atomic E-state index is 12.5. The van der Waals surface area contributed by atoms with E-state index < -0.39 is 0 Å². The number of Topliss-reactive ketones (excluding diaryl/α,β-unsaturated/α-hetero) is 1. The van der Waals surface area contributed by atoms with Gasteiger partial charge in [-0.3, -0.25) is 14.4 Å². The number of nitrogens with zero attached hydrogens (tertiary/aromatic N) is 1. The van der Waals surface area contributed by atoms with Crippen molar-refractivity contribution in [2.24, 2.45) is 0 Å². The van der Waals surface area contributed by atoms with Crippen molar-refractivity contribution in [1.29, 1.82) is 0 Å². The van der Waals surface area contributed by atoms with Crippen LogP contribution in [-0.4, -0.2) is 55.2 Å². The van der Waals surface area contributed by atoms with Gasteiger partial charge in [-0.2, -0.15) is 0 Å². The largest absolute Gasteiger partial charge is 0.327 e. The van der Waals surface area contributed by atoms with Gasteiger partial charge in [0.1, 0.15) is 0 Å². The Morgan fingerprint density at radius 1 is 0.926 bits per heavy atom. The molecule has 27 heavy (non-hydrogen) atoms. The molecule has 0 spiro atoms. The molecule has 0 atom stereocenters. The van der Waals surface area contributed by atoms with Crippen LogP contribution in [0.25, 0.3) is 0 Å². The standard InChI is InChI=1S/C21H23N3O3/c1-16(25)17-7-9-19(10-8-17)22-20(26)15-23-11-13-24(14-12-23)21(27)18-5-3-2-4-6-18/h2-10H,11-15H2,1H3,(H,22,26)/p+1. The number of rotatable bonds is 5.